The number of anilines is 1. The van der Waals surface area contributed by atoms with Crippen molar-refractivity contribution in [3.63, 3.8) is 0 Å². The Balaban J connectivity index is 1.59. The zero-order chi connectivity index (χ0) is 17.8. The lowest BCUT2D eigenvalue weighted by Gasteiger charge is -2.05. The predicted molar refractivity (Wildman–Crippen MR) is 85.2 cm³/mol. The molecule has 0 saturated heterocycles. The Kier molecular flexibility index (Phi) is 4.90. The third-order valence-electron chi connectivity index (χ3n) is 3.05. The van der Waals surface area contributed by atoms with Crippen molar-refractivity contribution in [2.24, 2.45) is 0 Å². The fourth-order valence-corrected chi connectivity index (χ4v) is 2.14. The summed E-state index contributed by atoms with van der Waals surface area (Å²) in [6.07, 6.45) is -0.227. The quantitative estimate of drug-likeness (QED) is 0.746. The number of nitrogens with one attached hydrogen (secondary N) is 1. The van der Waals surface area contributed by atoms with E-state index in [-0.39, 0.29) is 17.6 Å². The summed E-state index contributed by atoms with van der Waals surface area (Å²) in [5.74, 6) is -2.47. The Labute approximate surface area is 145 Å². The second kappa shape index (κ2) is 7.27. The van der Waals surface area contributed by atoms with Crippen molar-refractivity contribution in [2.75, 3.05) is 11.9 Å². The topological polar surface area (TPSA) is 77.2 Å². The summed E-state index contributed by atoms with van der Waals surface area (Å²) in [7, 11) is 0. The molecule has 3 aromatic rings. The lowest BCUT2D eigenvalue weighted by atomic mass is 10.2. The minimum atomic E-state index is -1.07. The third kappa shape index (κ3) is 4.10. The van der Waals surface area contributed by atoms with Crippen LogP contribution in [0.15, 0.2) is 47.0 Å². The fraction of sp³-hybridized carbons (Fsp3) is 0.0625. The van der Waals surface area contributed by atoms with E-state index in [9.17, 15) is 13.6 Å². The number of rotatable bonds is 5. The van der Waals surface area contributed by atoms with Crippen molar-refractivity contribution in [1.29, 1.82) is 0 Å². The second-order valence-corrected chi connectivity index (χ2v) is 5.24. The number of benzene rings is 2. The number of hydrogen-bond donors (Lipinski definition) is 1. The highest BCUT2D eigenvalue weighted by Gasteiger charge is 2.14. The first-order chi connectivity index (χ1) is 12.0. The molecule has 0 fully saturated rings. The van der Waals surface area contributed by atoms with Gasteiger partial charge in [-0.15, -0.1) is 0 Å². The van der Waals surface area contributed by atoms with E-state index in [1.165, 1.54) is 6.07 Å². The van der Waals surface area contributed by atoms with E-state index in [2.05, 4.69) is 15.5 Å². The summed E-state index contributed by atoms with van der Waals surface area (Å²) in [6, 6.07) is 9.86. The molecule has 1 N–H and O–H groups in total. The van der Waals surface area contributed by atoms with Gasteiger partial charge in [-0.3, -0.25) is 9.32 Å². The van der Waals surface area contributed by atoms with Gasteiger partial charge < -0.3 is 10.1 Å². The molecular formula is C16H10ClF2N3O3. The number of carbonyl (C=O) groups is 1. The van der Waals surface area contributed by atoms with Crippen LogP contribution in [0.25, 0.3) is 11.4 Å². The Morgan fingerprint density at radius 3 is 2.76 bits per heavy atom. The van der Waals surface area contributed by atoms with E-state index in [4.69, 9.17) is 20.9 Å². The second-order valence-electron chi connectivity index (χ2n) is 4.83. The Morgan fingerprint density at radius 1 is 1.20 bits per heavy atom. The SMILES string of the molecule is O=C(COc1nc(-c2ccccc2Cl)no1)Nc1ccc(F)c(F)c1. The van der Waals surface area contributed by atoms with Crippen LogP contribution in [0.3, 0.4) is 0 Å². The van der Waals surface area contributed by atoms with Gasteiger partial charge in [0.25, 0.3) is 5.91 Å². The normalized spacial score (nSPS) is 10.5. The van der Waals surface area contributed by atoms with Crippen molar-refractivity contribution < 1.29 is 22.8 Å². The number of amides is 1. The third-order valence-corrected chi connectivity index (χ3v) is 3.38. The molecule has 128 valence electrons. The summed E-state index contributed by atoms with van der Waals surface area (Å²) in [4.78, 5) is 15.7. The molecule has 6 nitrogen and oxygen atoms in total. The summed E-state index contributed by atoms with van der Waals surface area (Å²) >= 11 is 6.03. The largest absolute Gasteiger partial charge is 0.439 e. The van der Waals surface area contributed by atoms with Gasteiger partial charge in [0.1, 0.15) is 0 Å². The Morgan fingerprint density at radius 2 is 2.00 bits per heavy atom. The maximum atomic E-state index is 13.1. The molecule has 1 aromatic heterocycles. The summed E-state index contributed by atoms with van der Waals surface area (Å²) in [5.41, 5.74) is 0.642. The summed E-state index contributed by atoms with van der Waals surface area (Å²) < 4.78 is 35.9. The molecule has 25 heavy (non-hydrogen) atoms. The number of aromatic nitrogens is 2. The molecule has 0 bridgehead atoms. The average Bonchev–Trinajstić information content (AvgIpc) is 3.05. The highest BCUT2D eigenvalue weighted by atomic mass is 35.5. The maximum absolute atomic E-state index is 13.1. The van der Waals surface area contributed by atoms with Crippen LogP contribution in [0.4, 0.5) is 14.5 Å². The smallest absolute Gasteiger partial charge is 0.418 e. The molecule has 0 atom stereocenters. The first-order valence-electron chi connectivity index (χ1n) is 6.99. The number of ether oxygens (including phenoxy) is 1. The standard InChI is InChI=1S/C16H10ClF2N3O3/c17-11-4-2-1-3-10(11)15-21-16(25-22-15)24-8-14(23)20-9-5-6-12(18)13(19)7-9/h1-7H,8H2,(H,20,23). The molecule has 0 saturated carbocycles. The molecule has 1 amide bonds. The number of hydrogen-bond acceptors (Lipinski definition) is 5. The van der Waals surface area contributed by atoms with E-state index in [0.29, 0.717) is 10.6 Å². The van der Waals surface area contributed by atoms with Crippen molar-refractivity contribution in [2.45, 2.75) is 0 Å². The minimum absolute atomic E-state index is 0.0924. The van der Waals surface area contributed by atoms with Gasteiger partial charge >= 0.3 is 6.08 Å². The molecule has 0 aliphatic carbocycles. The molecule has 0 unspecified atom stereocenters. The van der Waals surface area contributed by atoms with E-state index in [1.54, 1.807) is 24.3 Å². The van der Waals surface area contributed by atoms with Crippen LogP contribution in [0, 0.1) is 11.6 Å². The van der Waals surface area contributed by atoms with E-state index in [0.717, 1.165) is 12.1 Å². The van der Waals surface area contributed by atoms with Gasteiger partial charge in [-0.25, -0.2) is 8.78 Å². The molecule has 3 rings (SSSR count). The van der Waals surface area contributed by atoms with Crippen molar-refractivity contribution in [3.05, 3.63) is 59.1 Å². The van der Waals surface area contributed by atoms with E-state index >= 15 is 0 Å². The molecule has 0 spiro atoms. The fourth-order valence-electron chi connectivity index (χ4n) is 1.92. The molecular weight excluding hydrogens is 356 g/mol. The Hall–Kier alpha value is -3.00. The van der Waals surface area contributed by atoms with Gasteiger partial charge in [0.15, 0.2) is 18.2 Å². The van der Waals surface area contributed by atoms with Crippen LogP contribution in [-0.4, -0.2) is 22.7 Å². The highest BCUT2D eigenvalue weighted by Crippen LogP contribution is 2.26. The summed E-state index contributed by atoms with van der Waals surface area (Å²) in [6.45, 7) is -0.455. The maximum Gasteiger partial charge on any atom is 0.418 e. The van der Waals surface area contributed by atoms with Gasteiger partial charge in [-0.05, 0) is 24.3 Å². The van der Waals surface area contributed by atoms with E-state index in [1.807, 2.05) is 0 Å². The monoisotopic (exact) mass is 365 g/mol. The number of carbonyl (C=O) groups excluding carboxylic acids is 1. The number of nitrogens with zero attached hydrogens (tertiary/aromatic N) is 2. The van der Waals surface area contributed by atoms with Crippen LogP contribution < -0.4 is 10.1 Å². The highest BCUT2D eigenvalue weighted by molar-refractivity contribution is 6.33. The average molecular weight is 366 g/mol. The van der Waals surface area contributed by atoms with Crippen LogP contribution in [0.2, 0.25) is 5.02 Å². The van der Waals surface area contributed by atoms with Crippen molar-refractivity contribution in [1.82, 2.24) is 10.1 Å². The van der Waals surface area contributed by atoms with Gasteiger partial charge in [0.2, 0.25) is 5.82 Å². The number of halogens is 3. The molecule has 0 radical (unpaired) electrons. The van der Waals surface area contributed by atoms with Gasteiger partial charge in [-0.2, -0.15) is 4.98 Å². The van der Waals surface area contributed by atoms with Crippen molar-refractivity contribution in [3.8, 4) is 17.5 Å². The van der Waals surface area contributed by atoms with Gasteiger partial charge in [-0.1, -0.05) is 28.9 Å². The van der Waals surface area contributed by atoms with Crippen molar-refractivity contribution >= 4 is 23.2 Å². The van der Waals surface area contributed by atoms with Crippen LogP contribution in [0.5, 0.6) is 6.08 Å². The Bertz CT molecular complexity index is 917. The minimum Gasteiger partial charge on any atom is -0.439 e. The first-order valence-corrected chi connectivity index (χ1v) is 7.37. The molecule has 0 aliphatic rings. The molecule has 0 aliphatic heterocycles. The van der Waals surface area contributed by atoms with Crippen LogP contribution in [0.1, 0.15) is 0 Å². The zero-order valence-corrected chi connectivity index (χ0v) is 13.3. The zero-order valence-electron chi connectivity index (χ0n) is 12.5. The predicted octanol–water partition coefficient (Wildman–Crippen LogP) is 3.69. The van der Waals surface area contributed by atoms with Crippen LogP contribution in [-0.2, 0) is 4.79 Å². The summed E-state index contributed by atoms with van der Waals surface area (Å²) in [5, 5.41) is 6.49. The molecule has 9 heteroatoms. The van der Waals surface area contributed by atoms with Crippen LogP contribution >= 0.6 is 11.6 Å². The lowest BCUT2D eigenvalue weighted by Crippen LogP contribution is -2.20. The first kappa shape index (κ1) is 16.8. The molecule has 1 heterocycles. The van der Waals surface area contributed by atoms with Gasteiger partial charge in [0.05, 0.1) is 5.02 Å². The van der Waals surface area contributed by atoms with E-state index < -0.39 is 24.1 Å². The van der Waals surface area contributed by atoms with Gasteiger partial charge in [0, 0.05) is 17.3 Å². The lowest BCUT2D eigenvalue weighted by molar-refractivity contribution is -0.118. The molecule has 2 aromatic carbocycles.